The number of ether oxygens (including phenoxy) is 1. The molecule has 0 unspecified atom stereocenters. The largest absolute Gasteiger partial charge is 0.496 e. The molecule has 2 N–H and O–H groups in total. The Morgan fingerprint density at radius 1 is 1.38 bits per heavy atom. The quantitative estimate of drug-likeness (QED) is 0.743. The average molecular weight is 245 g/mol. The van der Waals surface area contributed by atoms with Crippen LogP contribution in [0.15, 0.2) is 16.6 Å². The van der Waals surface area contributed by atoms with Crippen LogP contribution in [0.2, 0.25) is 0 Å². The number of aryl methyl sites for hydroxylation is 1. The van der Waals surface area contributed by atoms with Gasteiger partial charge in [-0.15, -0.1) is 0 Å². The molecule has 3 nitrogen and oxygen atoms in total. The van der Waals surface area contributed by atoms with Crippen LogP contribution in [0.3, 0.4) is 0 Å². The van der Waals surface area contributed by atoms with Gasteiger partial charge in [-0.1, -0.05) is 0 Å². The van der Waals surface area contributed by atoms with Gasteiger partial charge in [0.05, 0.1) is 11.6 Å². The molecule has 0 aliphatic heterocycles. The Bertz CT molecular complexity index is 315. The van der Waals surface area contributed by atoms with Crippen LogP contribution in [0.5, 0.6) is 5.75 Å². The van der Waals surface area contributed by atoms with Gasteiger partial charge < -0.3 is 14.8 Å². The first-order valence-electron chi connectivity index (χ1n) is 3.76. The molecule has 0 fully saturated rings. The number of hydrogen-bond acceptors (Lipinski definition) is 3. The van der Waals surface area contributed by atoms with Crippen molar-refractivity contribution in [3.8, 4) is 5.75 Å². The highest BCUT2D eigenvalue weighted by atomic mass is 79.9. The van der Waals surface area contributed by atoms with Gasteiger partial charge in [-0.25, -0.2) is 0 Å². The molecule has 0 aliphatic rings. The molecule has 0 bridgehead atoms. The van der Waals surface area contributed by atoms with E-state index in [1.54, 1.807) is 19.1 Å². The molecule has 0 saturated heterocycles. The van der Waals surface area contributed by atoms with Crippen molar-refractivity contribution < 1.29 is 14.8 Å². The van der Waals surface area contributed by atoms with Crippen molar-refractivity contribution in [2.45, 2.75) is 6.92 Å². The number of rotatable bonds is 2. The Morgan fingerprint density at radius 3 is 2.46 bits per heavy atom. The minimum atomic E-state index is -1.46. The van der Waals surface area contributed by atoms with E-state index in [2.05, 4.69) is 15.9 Å². The zero-order valence-electron chi connectivity index (χ0n) is 7.41. The molecule has 0 atom stereocenters. The molecule has 5 heteroatoms. The summed E-state index contributed by atoms with van der Waals surface area (Å²) in [5.41, 5.74) is 1.27. The number of hydrogen-bond donors (Lipinski definition) is 2. The molecule has 1 aromatic rings. The Kier molecular flexibility index (Phi) is 3.36. The zero-order chi connectivity index (χ0) is 10.0. The van der Waals surface area contributed by atoms with Crippen molar-refractivity contribution in [2.24, 2.45) is 0 Å². The van der Waals surface area contributed by atoms with Crippen LogP contribution in [-0.4, -0.2) is 24.3 Å². The summed E-state index contributed by atoms with van der Waals surface area (Å²) in [6.07, 6.45) is 0. The van der Waals surface area contributed by atoms with Crippen molar-refractivity contribution in [3.05, 3.63) is 22.2 Å². The van der Waals surface area contributed by atoms with Crippen molar-refractivity contribution >= 4 is 28.5 Å². The van der Waals surface area contributed by atoms with Gasteiger partial charge in [-0.2, -0.15) is 0 Å². The maximum atomic E-state index is 9.00. The lowest BCUT2D eigenvalue weighted by atomic mass is 9.77. The van der Waals surface area contributed by atoms with E-state index in [-0.39, 0.29) is 0 Å². The molecule has 70 valence electrons. The second-order valence-electron chi connectivity index (χ2n) is 2.72. The van der Waals surface area contributed by atoms with Gasteiger partial charge in [-0.3, -0.25) is 0 Å². The zero-order valence-corrected chi connectivity index (χ0v) is 9.00. The van der Waals surface area contributed by atoms with Gasteiger partial charge in [0.25, 0.3) is 0 Å². The summed E-state index contributed by atoms with van der Waals surface area (Å²) in [6.45, 7) is 1.80. The topological polar surface area (TPSA) is 49.7 Å². The van der Waals surface area contributed by atoms with Gasteiger partial charge in [0, 0.05) is 0 Å². The van der Waals surface area contributed by atoms with Crippen molar-refractivity contribution in [2.75, 3.05) is 7.11 Å². The van der Waals surface area contributed by atoms with Crippen molar-refractivity contribution in [3.63, 3.8) is 0 Å². The van der Waals surface area contributed by atoms with Gasteiger partial charge in [0.1, 0.15) is 5.75 Å². The summed E-state index contributed by atoms with van der Waals surface area (Å²) in [5.74, 6) is 0.591. The fourth-order valence-corrected chi connectivity index (χ4v) is 1.72. The average Bonchev–Trinajstić information content (AvgIpc) is 2.03. The first kappa shape index (κ1) is 10.6. The fourth-order valence-electron chi connectivity index (χ4n) is 1.10. The Hall–Kier alpha value is -0.515. The Balaban J connectivity index is 3.22. The maximum Gasteiger partial charge on any atom is 0.488 e. The van der Waals surface area contributed by atoms with E-state index in [9.17, 15) is 0 Å². The summed E-state index contributed by atoms with van der Waals surface area (Å²) in [7, 11) is 0.0742. The van der Waals surface area contributed by atoms with E-state index >= 15 is 0 Å². The molecule has 0 spiro atoms. The second-order valence-corrected chi connectivity index (χ2v) is 3.57. The lowest BCUT2D eigenvalue weighted by molar-refractivity contribution is 0.409. The summed E-state index contributed by atoms with van der Waals surface area (Å²) in [4.78, 5) is 0. The first-order chi connectivity index (χ1) is 6.06. The number of benzene rings is 1. The van der Waals surface area contributed by atoms with E-state index in [4.69, 9.17) is 14.8 Å². The molecular weight excluding hydrogens is 235 g/mol. The molecular formula is C8H10BBrO3. The predicted molar refractivity (Wildman–Crippen MR) is 55.3 cm³/mol. The third-order valence-electron chi connectivity index (χ3n) is 1.82. The second kappa shape index (κ2) is 4.13. The normalized spacial score (nSPS) is 9.92. The fraction of sp³-hybridized carbons (Fsp3) is 0.250. The molecule has 0 radical (unpaired) electrons. The van der Waals surface area contributed by atoms with Gasteiger partial charge in [0.15, 0.2) is 0 Å². The van der Waals surface area contributed by atoms with E-state index < -0.39 is 7.12 Å². The minimum absolute atomic E-state index is 0.458. The van der Waals surface area contributed by atoms with Crippen molar-refractivity contribution in [1.29, 1.82) is 0 Å². The molecule has 0 heterocycles. The van der Waals surface area contributed by atoms with Crippen LogP contribution in [0.4, 0.5) is 0 Å². The first-order valence-corrected chi connectivity index (χ1v) is 4.55. The third-order valence-corrected chi connectivity index (χ3v) is 2.44. The van der Waals surface area contributed by atoms with Gasteiger partial charge >= 0.3 is 7.12 Å². The molecule has 0 saturated carbocycles. The highest BCUT2D eigenvalue weighted by Gasteiger charge is 2.16. The van der Waals surface area contributed by atoms with E-state index in [1.807, 2.05) is 0 Å². The van der Waals surface area contributed by atoms with Crippen LogP contribution in [-0.2, 0) is 0 Å². The van der Waals surface area contributed by atoms with Crippen LogP contribution in [0, 0.1) is 6.92 Å². The third kappa shape index (κ3) is 2.24. The molecule has 0 amide bonds. The summed E-state index contributed by atoms with van der Waals surface area (Å²) < 4.78 is 5.82. The molecule has 1 rings (SSSR count). The molecule has 0 aliphatic carbocycles. The maximum absolute atomic E-state index is 9.00. The summed E-state index contributed by atoms with van der Waals surface area (Å²) in [5, 5.41) is 18.0. The lowest BCUT2D eigenvalue weighted by Crippen LogP contribution is -2.32. The minimum Gasteiger partial charge on any atom is -0.496 e. The standard InChI is InChI=1S/C8H10BBrO3/c1-5-3-7(10)8(13-2)4-6(5)9(11)12/h3-4,11-12H,1-2H3. The molecule has 1 aromatic carbocycles. The summed E-state index contributed by atoms with van der Waals surface area (Å²) in [6, 6.07) is 3.39. The van der Waals surface area contributed by atoms with E-state index in [1.165, 1.54) is 7.11 Å². The molecule has 13 heavy (non-hydrogen) atoms. The van der Waals surface area contributed by atoms with E-state index in [0.717, 1.165) is 10.0 Å². The van der Waals surface area contributed by atoms with Crippen LogP contribution in [0.25, 0.3) is 0 Å². The molecule has 0 aromatic heterocycles. The van der Waals surface area contributed by atoms with Crippen LogP contribution in [0.1, 0.15) is 5.56 Å². The van der Waals surface area contributed by atoms with Crippen LogP contribution >= 0.6 is 15.9 Å². The number of methoxy groups -OCH3 is 1. The summed E-state index contributed by atoms with van der Waals surface area (Å²) >= 11 is 3.30. The lowest BCUT2D eigenvalue weighted by Gasteiger charge is -2.09. The van der Waals surface area contributed by atoms with Crippen molar-refractivity contribution in [1.82, 2.24) is 0 Å². The van der Waals surface area contributed by atoms with E-state index in [0.29, 0.717) is 11.2 Å². The Labute approximate surface area is 85.6 Å². The highest BCUT2D eigenvalue weighted by Crippen LogP contribution is 2.24. The van der Waals surface area contributed by atoms with Gasteiger partial charge in [-0.05, 0) is 46.0 Å². The predicted octanol–water partition coefficient (Wildman–Crippen LogP) is 0.446. The highest BCUT2D eigenvalue weighted by molar-refractivity contribution is 9.10. The van der Waals surface area contributed by atoms with Crippen LogP contribution < -0.4 is 10.2 Å². The Morgan fingerprint density at radius 2 is 2.00 bits per heavy atom. The van der Waals surface area contributed by atoms with Gasteiger partial charge in [0.2, 0.25) is 0 Å². The monoisotopic (exact) mass is 244 g/mol. The SMILES string of the molecule is COc1cc(B(O)O)c(C)cc1Br. The smallest absolute Gasteiger partial charge is 0.488 e. The number of halogens is 1.